The van der Waals surface area contributed by atoms with Crippen molar-refractivity contribution in [3.63, 3.8) is 0 Å². The highest BCUT2D eigenvalue weighted by atomic mass is 32.1. The monoisotopic (exact) mass is 319 g/mol. The first-order chi connectivity index (χ1) is 10.5. The Morgan fingerprint density at radius 3 is 2.27 bits per heavy atom. The van der Waals surface area contributed by atoms with Crippen molar-refractivity contribution in [1.29, 1.82) is 0 Å². The zero-order valence-electron chi connectivity index (χ0n) is 12.9. The Balaban J connectivity index is 2.28. The number of methoxy groups -OCH3 is 2. The number of esters is 1. The van der Waals surface area contributed by atoms with E-state index in [9.17, 15) is 9.59 Å². The van der Waals surface area contributed by atoms with Crippen LogP contribution in [0, 0.1) is 13.8 Å². The number of aryl methyl sites for hydroxylation is 1. The molecule has 0 aliphatic heterocycles. The number of carbonyl (C=O) groups excluding carboxylic acids is 2. The van der Waals surface area contributed by atoms with Crippen LogP contribution in [0.3, 0.4) is 0 Å². The highest BCUT2D eigenvalue weighted by Crippen LogP contribution is 2.33. The molecule has 0 spiro atoms. The summed E-state index contributed by atoms with van der Waals surface area (Å²) in [6, 6.07) is 6.75. The third-order valence-electron chi connectivity index (χ3n) is 3.35. The summed E-state index contributed by atoms with van der Waals surface area (Å²) in [5, 5.41) is 3.28. The van der Waals surface area contributed by atoms with Crippen LogP contribution in [0.15, 0.2) is 24.3 Å². The van der Waals surface area contributed by atoms with Crippen LogP contribution in [0.2, 0.25) is 0 Å². The Morgan fingerprint density at radius 1 is 1.09 bits per heavy atom. The van der Waals surface area contributed by atoms with E-state index >= 15 is 0 Å². The number of anilines is 1. The third kappa shape index (κ3) is 3.12. The van der Waals surface area contributed by atoms with Gasteiger partial charge in [0.05, 0.1) is 19.8 Å². The Morgan fingerprint density at radius 2 is 1.73 bits per heavy atom. The summed E-state index contributed by atoms with van der Waals surface area (Å²) in [5.41, 5.74) is 1.72. The van der Waals surface area contributed by atoms with Crippen LogP contribution in [0.25, 0.3) is 0 Å². The molecule has 1 N–H and O–H groups in total. The minimum Gasteiger partial charge on any atom is -0.497 e. The summed E-state index contributed by atoms with van der Waals surface area (Å²) in [6.07, 6.45) is 0. The maximum absolute atomic E-state index is 12.3. The van der Waals surface area contributed by atoms with Gasteiger partial charge in [-0.1, -0.05) is 0 Å². The van der Waals surface area contributed by atoms with Crippen molar-refractivity contribution < 1.29 is 19.1 Å². The lowest BCUT2D eigenvalue weighted by atomic mass is 10.1. The van der Waals surface area contributed by atoms with E-state index in [0.29, 0.717) is 21.9 Å². The second-order valence-electron chi connectivity index (χ2n) is 4.66. The molecule has 0 saturated carbocycles. The van der Waals surface area contributed by atoms with Gasteiger partial charge < -0.3 is 14.8 Å². The van der Waals surface area contributed by atoms with Crippen molar-refractivity contribution in [2.24, 2.45) is 0 Å². The van der Waals surface area contributed by atoms with Crippen molar-refractivity contribution in [3.05, 3.63) is 45.8 Å². The average molecular weight is 319 g/mol. The number of amides is 1. The van der Waals surface area contributed by atoms with Gasteiger partial charge in [0.15, 0.2) is 0 Å². The second-order valence-corrected chi connectivity index (χ2v) is 5.89. The smallest absolute Gasteiger partial charge is 0.341 e. The van der Waals surface area contributed by atoms with E-state index < -0.39 is 5.97 Å². The van der Waals surface area contributed by atoms with Gasteiger partial charge in [-0.25, -0.2) is 4.79 Å². The normalized spacial score (nSPS) is 10.2. The summed E-state index contributed by atoms with van der Waals surface area (Å²) < 4.78 is 9.85. The molecule has 0 aliphatic rings. The highest BCUT2D eigenvalue weighted by molar-refractivity contribution is 7.16. The molecule has 0 bridgehead atoms. The lowest BCUT2D eigenvalue weighted by Gasteiger charge is -2.07. The second kappa shape index (κ2) is 6.62. The van der Waals surface area contributed by atoms with Crippen LogP contribution in [0.5, 0.6) is 5.75 Å². The van der Waals surface area contributed by atoms with Crippen molar-refractivity contribution >= 4 is 28.2 Å². The zero-order chi connectivity index (χ0) is 16.3. The molecule has 116 valence electrons. The van der Waals surface area contributed by atoms with Crippen LogP contribution in [-0.2, 0) is 4.74 Å². The standard InChI is InChI=1S/C16H17NO4S/c1-9-10(2)22-15(13(9)16(19)21-4)17-14(18)11-5-7-12(20-3)8-6-11/h5-8H,1-4H3,(H,17,18). The van der Waals surface area contributed by atoms with E-state index in [1.165, 1.54) is 18.4 Å². The minimum atomic E-state index is -0.452. The Labute approximate surface area is 132 Å². The number of rotatable bonds is 4. The molecular weight excluding hydrogens is 302 g/mol. The van der Waals surface area contributed by atoms with E-state index in [1.54, 1.807) is 31.4 Å². The maximum Gasteiger partial charge on any atom is 0.341 e. The molecule has 0 atom stereocenters. The molecule has 1 aromatic carbocycles. The SMILES string of the molecule is COC(=O)c1c(NC(=O)c2ccc(OC)cc2)sc(C)c1C. The van der Waals surface area contributed by atoms with Crippen molar-refractivity contribution in [1.82, 2.24) is 0 Å². The summed E-state index contributed by atoms with van der Waals surface area (Å²) >= 11 is 1.36. The fourth-order valence-electron chi connectivity index (χ4n) is 1.98. The molecule has 0 fully saturated rings. The molecule has 22 heavy (non-hydrogen) atoms. The van der Waals surface area contributed by atoms with Crippen molar-refractivity contribution in [2.75, 3.05) is 19.5 Å². The predicted octanol–water partition coefficient (Wildman–Crippen LogP) is 3.41. The van der Waals surface area contributed by atoms with Gasteiger partial charge in [-0.3, -0.25) is 4.79 Å². The third-order valence-corrected chi connectivity index (χ3v) is 4.48. The maximum atomic E-state index is 12.3. The summed E-state index contributed by atoms with van der Waals surface area (Å²) in [5.74, 6) is -0.0597. The van der Waals surface area contributed by atoms with Crippen LogP contribution < -0.4 is 10.1 Å². The molecule has 1 aromatic heterocycles. The van der Waals surface area contributed by atoms with E-state index in [1.807, 2.05) is 13.8 Å². The van der Waals surface area contributed by atoms with E-state index in [-0.39, 0.29) is 5.91 Å². The van der Waals surface area contributed by atoms with E-state index in [0.717, 1.165) is 10.4 Å². The molecule has 0 aliphatic carbocycles. The summed E-state index contributed by atoms with van der Waals surface area (Å²) in [4.78, 5) is 25.1. The Hall–Kier alpha value is -2.34. The fourth-order valence-corrected chi connectivity index (χ4v) is 3.02. The van der Waals surface area contributed by atoms with Gasteiger partial charge >= 0.3 is 5.97 Å². The number of hydrogen-bond acceptors (Lipinski definition) is 5. The van der Waals surface area contributed by atoms with Crippen molar-refractivity contribution in [2.45, 2.75) is 13.8 Å². The molecule has 0 saturated heterocycles. The van der Waals surface area contributed by atoms with Gasteiger partial charge in [0.25, 0.3) is 5.91 Å². The van der Waals surface area contributed by atoms with Gasteiger partial charge in [0, 0.05) is 10.4 Å². The van der Waals surface area contributed by atoms with Crippen molar-refractivity contribution in [3.8, 4) is 5.75 Å². The molecule has 5 nitrogen and oxygen atoms in total. The highest BCUT2D eigenvalue weighted by Gasteiger charge is 2.21. The lowest BCUT2D eigenvalue weighted by Crippen LogP contribution is -2.14. The summed E-state index contributed by atoms with van der Waals surface area (Å²) in [7, 11) is 2.89. The first-order valence-electron chi connectivity index (χ1n) is 6.61. The van der Waals surface area contributed by atoms with Gasteiger partial charge in [-0.2, -0.15) is 0 Å². The first-order valence-corrected chi connectivity index (χ1v) is 7.43. The number of carbonyl (C=O) groups is 2. The van der Waals surface area contributed by atoms with E-state index in [2.05, 4.69) is 5.32 Å². The minimum absolute atomic E-state index is 0.283. The van der Waals surface area contributed by atoms with Crippen LogP contribution in [0.4, 0.5) is 5.00 Å². The molecule has 1 amide bonds. The molecule has 1 heterocycles. The van der Waals surface area contributed by atoms with Gasteiger partial charge in [-0.15, -0.1) is 11.3 Å². The Bertz CT molecular complexity index is 704. The van der Waals surface area contributed by atoms with Crippen LogP contribution >= 0.6 is 11.3 Å². The number of hydrogen-bond donors (Lipinski definition) is 1. The number of thiophene rings is 1. The lowest BCUT2D eigenvalue weighted by molar-refractivity contribution is 0.0601. The molecule has 2 rings (SSSR count). The quantitative estimate of drug-likeness (QED) is 0.877. The molecule has 0 unspecified atom stereocenters. The van der Waals surface area contributed by atoms with Gasteiger partial charge in [0.1, 0.15) is 10.8 Å². The topological polar surface area (TPSA) is 64.6 Å². The number of benzene rings is 1. The first kappa shape index (κ1) is 16.0. The Kier molecular flexibility index (Phi) is 4.82. The molecule has 0 radical (unpaired) electrons. The zero-order valence-corrected chi connectivity index (χ0v) is 13.7. The van der Waals surface area contributed by atoms with E-state index in [4.69, 9.17) is 9.47 Å². The van der Waals surface area contributed by atoms with Crippen LogP contribution in [0.1, 0.15) is 31.2 Å². The molecule has 2 aromatic rings. The molecular formula is C16H17NO4S. The largest absolute Gasteiger partial charge is 0.497 e. The number of ether oxygens (including phenoxy) is 2. The summed E-state index contributed by atoms with van der Waals surface area (Å²) in [6.45, 7) is 3.73. The van der Waals surface area contributed by atoms with Gasteiger partial charge in [0.2, 0.25) is 0 Å². The molecule has 6 heteroatoms. The fraction of sp³-hybridized carbons (Fsp3) is 0.250. The number of nitrogens with one attached hydrogen (secondary N) is 1. The average Bonchev–Trinajstić information content (AvgIpc) is 2.81. The predicted molar refractivity (Wildman–Crippen MR) is 86.1 cm³/mol. The van der Waals surface area contributed by atoms with Gasteiger partial charge in [-0.05, 0) is 43.7 Å². The van der Waals surface area contributed by atoms with Crippen LogP contribution in [-0.4, -0.2) is 26.1 Å².